The zero-order valence-electron chi connectivity index (χ0n) is 17.9. The van der Waals surface area contributed by atoms with Gasteiger partial charge in [-0.3, -0.25) is 4.79 Å². The number of carboxylic acid groups (broad SMARTS) is 1. The first-order chi connectivity index (χ1) is 15.1. The van der Waals surface area contributed by atoms with Crippen LogP contribution in [0.15, 0.2) is 53.6 Å². The number of sulfonamides is 1. The lowest BCUT2D eigenvalue weighted by atomic mass is 9.98. The number of aliphatic carboxylic acids is 1. The minimum Gasteiger partial charge on any atom is -0.491 e. The second kappa shape index (κ2) is 8.77. The van der Waals surface area contributed by atoms with E-state index >= 15 is 0 Å². The molecule has 2 aromatic carbocycles. The van der Waals surface area contributed by atoms with Crippen LogP contribution in [-0.4, -0.2) is 47.6 Å². The number of ether oxygens (including phenoxy) is 1. The highest BCUT2D eigenvalue weighted by molar-refractivity contribution is 7.89. The lowest BCUT2D eigenvalue weighted by Crippen LogP contribution is -2.28. The van der Waals surface area contributed by atoms with E-state index in [9.17, 15) is 18.3 Å². The molecule has 0 saturated carbocycles. The van der Waals surface area contributed by atoms with Crippen LogP contribution >= 0.6 is 11.6 Å². The molecule has 1 N–H and O–H groups in total. The fourth-order valence-electron chi connectivity index (χ4n) is 4.21. The van der Waals surface area contributed by atoms with Crippen LogP contribution in [0.1, 0.15) is 31.7 Å². The third-order valence-electron chi connectivity index (χ3n) is 5.60. The maximum atomic E-state index is 13.2. The predicted molar refractivity (Wildman–Crippen MR) is 123 cm³/mol. The highest BCUT2D eigenvalue weighted by Gasteiger charge is 2.34. The Labute approximate surface area is 192 Å². The quantitative estimate of drug-likeness (QED) is 0.547. The average molecular weight is 477 g/mol. The summed E-state index contributed by atoms with van der Waals surface area (Å²) >= 11 is 6.13. The number of nitrogens with zero attached hydrogens (tertiary/aromatic N) is 2. The second-order valence-electron chi connectivity index (χ2n) is 8.25. The van der Waals surface area contributed by atoms with Crippen LogP contribution in [0.25, 0.3) is 10.9 Å². The van der Waals surface area contributed by atoms with Crippen LogP contribution in [0.3, 0.4) is 0 Å². The minimum atomic E-state index is -3.64. The molecule has 7 nitrogen and oxygen atoms in total. The van der Waals surface area contributed by atoms with Crippen LogP contribution < -0.4 is 4.74 Å². The Balaban J connectivity index is 1.59. The summed E-state index contributed by atoms with van der Waals surface area (Å²) < 4.78 is 35.1. The first-order valence-electron chi connectivity index (χ1n) is 10.4. The summed E-state index contributed by atoms with van der Waals surface area (Å²) in [5.74, 6) is -0.357. The van der Waals surface area contributed by atoms with Crippen molar-refractivity contribution in [2.45, 2.75) is 43.7 Å². The van der Waals surface area contributed by atoms with E-state index in [0.29, 0.717) is 30.3 Å². The van der Waals surface area contributed by atoms with Crippen LogP contribution in [0.2, 0.25) is 5.02 Å². The summed E-state index contributed by atoms with van der Waals surface area (Å²) in [5, 5.41) is 10.7. The van der Waals surface area contributed by atoms with Gasteiger partial charge in [-0.25, -0.2) is 8.42 Å². The number of carbonyl (C=O) groups is 1. The van der Waals surface area contributed by atoms with Crippen molar-refractivity contribution in [3.05, 3.63) is 59.2 Å². The van der Waals surface area contributed by atoms with Gasteiger partial charge >= 0.3 is 5.97 Å². The van der Waals surface area contributed by atoms with Gasteiger partial charge in [0.1, 0.15) is 12.3 Å². The van der Waals surface area contributed by atoms with Crippen molar-refractivity contribution in [2.75, 3.05) is 13.1 Å². The predicted octanol–water partition coefficient (Wildman–Crippen LogP) is 4.34. The monoisotopic (exact) mass is 476 g/mol. The van der Waals surface area contributed by atoms with Gasteiger partial charge in [0.2, 0.25) is 10.0 Å². The van der Waals surface area contributed by atoms with Gasteiger partial charge in [-0.05, 0) is 62.2 Å². The second-order valence-corrected chi connectivity index (χ2v) is 10.6. The molecular formula is C23H25ClN2O5S. The molecular weight excluding hydrogens is 452 g/mol. The average Bonchev–Trinajstić information content (AvgIpc) is 3.33. The molecule has 2 heterocycles. The summed E-state index contributed by atoms with van der Waals surface area (Å²) in [6.07, 6.45) is 2.48. The molecule has 0 unspecified atom stereocenters. The van der Waals surface area contributed by atoms with E-state index in [4.69, 9.17) is 16.3 Å². The van der Waals surface area contributed by atoms with Crippen LogP contribution in [0.4, 0.5) is 0 Å². The molecule has 4 rings (SSSR count). The van der Waals surface area contributed by atoms with Crippen molar-refractivity contribution < 1.29 is 23.1 Å². The number of hydrogen-bond donors (Lipinski definition) is 1. The van der Waals surface area contributed by atoms with Gasteiger partial charge in [0.15, 0.2) is 0 Å². The highest BCUT2D eigenvalue weighted by Crippen LogP contribution is 2.37. The highest BCUT2D eigenvalue weighted by atomic mass is 35.5. The Hall–Kier alpha value is -2.55. The number of benzene rings is 2. The van der Waals surface area contributed by atoms with E-state index in [2.05, 4.69) is 0 Å². The van der Waals surface area contributed by atoms with Gasteiger partial charge in [-0.15, -0.1) is 0 Å². The van der Waals surface area contributed by atoms with Gasteiger partial charge in [0, 0.05) is 35.6 Å². The van der Waals surface area contributed by atoms with Crippen LogP contribution in [-0.2, 0) is 21.4 Å². The van der Waals surface area contributed by atoms with Crippen molar-refractivity contribution in [3.63, 3.8) is 0 Å². The first-order valence-corrected chi connectivity index (χ1v) is 12.2. The Morgan fingerprint density at radius 2 is 1.94 bits per heavy atom. The molecule has 1 fully saturated rings. The van der Waals surface area contributed by atoms with E-state index in [0.717, 1.165) is 16.5 Å². The SMILES string of the molecule is CC(C)Oc1ccc(S(=O)(=O)N2CC[C@@H](c3cn(CC(=O)O)c4cc(Cl)ccc34)C2)cc1. The number of rotatable bonds is 7. The van der Waals surface area contributed by atoms with E-state index in [-0.39, 0.29) is 23.5 Å². The molecule has 1 aliphatic heterocycles. The summed E-state index contributed by atoms with van der Waals surface area (Å²) in [6, 6.07) is 11.9. The third kappa shape index (κ3) is 4.48. The molecule has 0 radical (unpaired) electrons. The number of halogens is 1. The fraction of sp³-hybridized carbons (Fsp3) is 0.348. The van der Waals surface area contributed by atoms with Gasteiger partial charge in [0.25, 0.3) is 0 Å². The van der Waals surface area contributed by atoms with Crippen molar-refractivity contribution in [1.29, 1.82) is 0 Å². The molecule has 9 heteroatoms. The van der Waals surface area contributed by atoms with E-state index < -0.39 is 16.0 Å². The normalized spacial score (nSPS) is 17.3. The molecule has 0 bridgehead atoms. The summed E-state index contributed by atoms with van der Waals surface area (Å²) in [5.41, 5.74) is 1.67. The zero-order chi connectivity index (χ0) is 23.0. The molecule has 1 saturated heterocycles. The van der Waals surface area contributed by atoms with E-state index in [1.165, 1.54) is 4.31 Å². The summed E-state index contributed by atoms with van der Waals surface area (Å²) in [4.78, 5) is 11.5. The number of fused-ring (bicyclic) bond motifs is 1. The Morgan fingerprint density at radius 3 is 2.59 bits per heavy atom. The molecule has 0 spiro atoms. The topological polar surface area (TPSA) is 88.8 Å². The van der Waals surface area contributed by atoms with Gasteiger partial charge in [0.05, 0.1) is 16.5 Å². The summed E-state index contributed by atoms with van der Waals surface area (Å²) in [6.45, 7) is 4.38. The number of aromatic nitrogens is 1. The summed E-state index contributed by atoms with van der Waals surface area (Å²) in [7, 11) is -3.64. The molecule has 1 aliphatic rings. The van der Waals surface area contributed by atoms with E-state index in [1.54, 1.807) is 41.0 Å². The molecule has 0 aliphatic carbocycles. The number of hydrogen-bond acceptors (Lipinski definition) is 4. The molecule has 32 heavy (non-hydrogen) atoms. The zero-order valence-corrected chi connectivity index (χ0v) is 19.4. The maximum absolute atomic E-state index is 13.2. The van der Waals surface area contributed by atoms with Crippen molar-refractivity contribution in [3.8, 4) is 5.75 Å². The van der Waals surface area contributed by atoms with Crippen LogP contribution in [0, 0.1) is 0 Å². The van der Waals surface area contributed by atoms with Crippen molar-refractivity contribution >= 4 is 38.5 Å². The van der Waals surface area contributed by atoms with Gasteiger partial charge in [-0.1, -0.05) is 17.7 Å². The molecule has 3 aromatic rings. The van der Waals surface area contributed by atoms with E-state index in [1.807, 2.05) is 26.1 Å². The Morgan fingerprint density at radius 1 is 1.22 bits per heavy atom. The Kier molecular flexibility index (Phi) is 6.20. The van der Waals surface area contributed by atoms with Crippen LogP contribution in [0.5, 0.6) is 5.75 Å². The Bertz CT molecular complexity index is 1250. The minimum absolute atomic E-state index is 0.00920. The van der Waals surface area contributed by atoms with Crippen molar-refractivity contribution in [2.24, 2.45) is 0 Å². The molecule has 0 amide bonds. The smallest absolute Gasteiger partial charge is 0.323 e. The lowest BCUT2D eigenvalue weighted by Gasteiger charge is -2.17. The molecule has 170 valence electrons. The van der Waals surface area contributed by atoms with Crippen molar-refractivity contribution in [1.82, 2.24) is 8.87 Å². The molecule has 1 atom stereocenters. The lowest BCUT2D eigenvalue weighted by molar-refractivity contribution is -0.137. The number of carboxylic acids is 1. The first kappa shape index (κ1) is 22.6. The van der Waals surface area contributed by atoms with Gasteiger partial charge < -0.3 is 14.4 Å². The standard InChI is InChI=1S/C23H25ClN2O5S/c1-15(2)31-18-4-6-19(7-5-18)32(29,30)26-10-9-16(12-26)21-13-25(14-23(27)28)22-11-17(24)3-8-20(21)22/h3-8,11,13,15-16H,9-10,12,14H2,1-2H3,(H,27,28)/t16-/m1/s1. The molecule has 1 aromatic heterocycles. The third-order valence-corrected chi connectivity index (χ3v) is 7.72. The maximum Gasteiger partial charge on any atom is 0.323 e. The fourth-order valence-corrected chi connectivity index (χ4v) is 5.87. The largest absolute Gasteiger partial charge is 0.491 e. The van der Waals surface area contributed by atoms with Gasteiger partial charge in [-0.2, -0.15) is 4.31 Å².